The highest BCUT2D eigenvalue weighted by atomic mass is 16.4. The van der Waals surface area contributed by atoms with Gasteiger partial charge in [0, 0.05) is 11.6 Å². The van der Waals surface area contributed by atoms with Gasteiger partial charge in [0.1, 0.15) is 0 Å². The van der Waals surface area contributed by atoms with Crippen molar-refractivity contribution >= 4 is 17.6 Å². The highest BCUT2D eigenvalue weighted by Gasteiger charge is 2.14. The van der Waals surface area contributed by atoms with Gasteiger partial charge in [-0.2, -0.15) is 0 Å². The van der Waals surface area contributed by atoms with E-state index in [4.69, 9.17) is 10.8 Å². The number of aryl methyl sites for hydroxylation is 1. The molecule has 0 saturated carbocycles. The lowest BCUT2D eigenvalue weighted by molar-refractivity contribution is -0.119. The molecule has 0 bridgehead atoms. The third-order valence-corrected chi connectivity index (χ3v) is 3.02. The van der Waals surface area contributed by atoms with Crippen molar-refractivity contribution in [2.24, 2.45) is 11.7 Å². The molecule has 0 aromatic heterocycles. The first kappa shape index (κ1) is 15.2. The molecule has 0 aliphatic heterocycles. The van der Waals surface area contributed by atoms with E-state index < -0.39 is 5.97 Å². The summed E-state index contributed by atoms with van der Waals surface area (Å²) in [6.45, 7) is 4.11. The number of aromatic carboxylic acids is 1. The molecule has 19 heavy (non-hydrogen) atoms. The first-order valence-corrected chi connectivity index (χ1v) is 6.30. The van der Waals surface area contributed by atoms with Crippen LogP contribution in [0.3, 0.4) is 0 Å². The maximum absolute atomic E-state index is 11.9. The molecular formula is C14H20N2O3. The summed E-state index contributed by atoms with van der Waals surface area (Å²) < 4.78 is 0. The van der Waals surface area contributed by atoms with Crippen molar-refractivity contribution < 1.29 is 14.7 Å². The number of rotatable bonds is 6. The average Bonchev–Trinajstić information content (AvgIpc) is 2.37. The van der Waals surface area contributed by atoms with Gasteiger partial charge >= 0.3 is 5.97 Å². The fourth-order valence-electron chi connectivity index (χ4n) is 1.75. The van der Waals surface area contributed by atoms with Crippen LogP contribution in [0.1, 0.15) is 35.7 Å². The van der Waals surface area contributed by atoms with Crippen LogP contribution >= 0.6 is 0 Å². The Balaban J connectivity index is 2.74. The Hall–Kier alpha value is -1.88. The van der Waals surface area contributed by atoms with E-state index >= 15 is 0 Å². The highest BCUT2D eigenvalue weighted by molar-refractivity contribution is 5.95. The van der Waals surface area contributed by atoms with Crippen molar-refractivity contribution in [1.82, 2.24) is 0 Å². The number of hydrogen-bond donors (Lipinski definition) is 3. The van der Waals surface area contributed by atoms with Crippen LogP contribution in [0.5, 0.6) is 0 Å². The van der Waals surface area contributed by atoms with Gasteiger partial charge in [0.15, 0.2) is 0 Å². The standard InChI is InChI=1S/C14H20N2O3/c1-9-5-6-11(8-12(9)14(18)19)16-13(17)10(2)4-3-7-15/h5-6,8,10H,3-4,7,15H2,1-2H3,(H,16,17)(H,18,19). The van der Waals surface area contributed by atoms with Gasteiger partial charge in [0.25, 0.3) is 0 Å². The van der Waals surface area contributed by atoms with E-state index in [0.717, 1.165) is 12.8 Å². The third-order valence-electron chi connectivity index (χ3n) is 3.02. The number of nitrogens with two attached hydrogens (primary N) is 1. The number of carboxylic acids is 1. The number of nitrogens with one attached hydrogen (secondary N) is 1. The Bertz CT molecular complexity index is 472. The van der Waals surface area contributed by atoms with Crippen LogP contribution in [0, 0.1) is 12.8 Å². The highest BCUT2D eigenvalue weighted by Crippen LogP contribution is 2.17. The summed E-state index contributed by atoms with van der Waals surface area (Å²) in [5.74, 6) is -1.25. The van der Waals surface area contributed by atoms with Crippen LogP contribution in [-0.4, -0.2) is 23.5 Å². The van der Waals surface area contributed by atoms with Crippen molar-refractivity contribution in [3.63, 3.8) is 0 Å². The predicted molar refractivity (Wildman–Crippen MR) is 74.2 cm³/mol. The number of hydrogen-bond acceptors (Lipinski definition) is 3. The van der Waals surface area contributed by atoms with Crippen molar-refractivity contribution in [3.8, 4) is 0 Å². The topological polar surface area (TPSA) is 92.4 Å². The molecule has 0 aliphatic rings. The number of amides is 1. The van der Waals surface area contributed by atoms with Crippen LogP contribution < -0.4 is 11.1 Å². The van der Waals surface area contributed by atoms with Gasteiger partial charge in [0.2, 0.25) is 5.91 Å². The lowest BCUT2D eigenvalue weighted by Crippen LogP contribution is -2.21. The molecule has 104 valence electrons. The monoisotopic (exact) mass is 264 g/mol. The van der Waals surface area contributed by atoms with Gasteiger partial charge < -0.3 is 16.2 Å². The number of benzene rings is 1. The van der Waals surface area contributed by atoms with E-state index in [2.05, 4.69) is 5.32 Å². The number of anilines is 1. The van der Waals surface area contributed by atoms with Crippen molar-refractivity contribution in [2.75, 3.05) is 11.9 Å². The van der Waals surface area contributed by atoms with Crippen LogP contribution in [0.2, 0.25) is 0 Å². The summed E-state index contributed by atoms with van der Waals surface area (Å²) in [6, 6.07) is 4.87. The molecule has 1 unspecified atom stereocenters. The first-order chi connectivity index (χ1) is 8.95. The fraction of sp³-hybridized carbons (Fsp3) is 0.429. The zero-order chi connectivity index (χ0) is 14.4. The number of carbonyl (C=O) groups is 2. The Labute approximate surface area is 112 Å². The first-order valence-electron chi connectivity index (χ1n) is 6.30. The summed E-state index contributed by atoms with van der Waals surface area (Å²) in [4.78, 5) is 22.9. The Morgan fingerprint density at radius 3 is 2.68 bits per heavy atom. The molecule has 4 N–H and O–H groups in total. The zero-order valence-electron chi connectivity index (χ0n) is 11.3. The summed E-state index contributed by atoms with van der Waals surface area (Å²) in [7, 11) is 0. The van der Waals surface area contributed by atoms with Gasteiger partial charge in [-0.05, 0) is 44.0 Å². The quantitative estimate of drug-likeness (QED) is 0.732. The molecule has 1 rings (SSSR count). The van der Waals surface area contributed by atoms with Gasteiger partial charge in [-0.1, -0.05) is 13.0 Å². The summed E-state index contributed by atoms with van der Waals surface area (Å²) >= 11 is 0. The number of carboxylic acid groups (broad SMARTS) is 1. The second-order valence-electron chi connectivity index (χ2n) is 4.66. The van der Waals surface area contributed by atoms with Gasteiger partial charge in [0.05, 0.1) is 5.56 Å². The molecule has 1 aromatic rings. The molecular weight excluding hydrogens is 244 g/mol. The fourth-order valence-corrected chi connectivity index (χ4v) is 1.75. The average molecular weight is 264 g/mol. The normalized spacial score (nSPS) is 11.9. The summed E-state index contributed by atoms with van der Waals surface area (Å²) in [5.41, 5.74) is 6.78. The molecule has 0 saturated heterocycles. The van der Waals surface area contributed by atoms with Crippen LogP contribution in [0.4, 0.5) is 5.69 Å². The minimum atomic E-state index is -0.996. The molecule has 1 amide bonds. The minimum absolute atomic E-state index is 0.117. The second kappa shape index (κ2) is 6.89. The molecule has 5 heteroatoms. The maximum atomic E-state index is 11.9. The van der Waals surface area contributed by atoms with Crippen molar-refractivity contribution in [2.45, 2.75) is 26.7 Å². The minimum Gasteiger partial charge on any atom is -0.478 e. The second-order valence-corrected chi connectivity index (χ2v) is 4.66. The van der Waals surface area contributed by atoms with E-state index in [9.17, 15) is 9.59 Å². The molecule has 1 aromatic carbocycles. The molecule has 0 aliphatic carbocycles. The number of carbonyl (C=O) groups excluding carboxylic acids is 1. The SMILES string of the molecule is Cc1ccc(NC(=O)C(C)CCCN)cc1C(=O)O. The van der Waals surface area contributed by atoms with Crippen molar-refractivity contribution in [1.29, 1.82) is 0 Å². The van der Waals surface area contributed by atoms with E-state index in [0.29, 0.717) is 17.8 Å². The summed E-state index contributed by atoms with van der Waals surface area (Å²) in [6.07, 6.45) is 1.52. The van der Waals surface area contributed by atoms with Gasteiger partial charge in [-0.15, -0.1) is 0 Å². The van der Waals surface area contributed by atoms with Gasteiger partial charge in [-0.3, -0.25) is 4.79 Å². The molecule has 0 heterocycles. The Kier molecular flexibility index (Phi) is 5.51. The largest absolute Gasteiger partial charge is 0.478 e. The van der Waals surface area contributed by atoms with Crippen LogP contribution in [-0.2, 0) is 4.79 Å². The zero-order valence-corrected chi connectivity index (χ0v) is 11.3. The lowest BCUT2D eigenvalue weighted by atomic mass is 10.0. The predicted octanol–water partition coefficient (Wildman–Crippen LogP) is 2.01. The van der Waals surface area contributed by atoms with E-state index in [-0.39, 0.29) is 17.4 Å². The Morgan fingerprint density at radius 1 is 1.42 bits per heavy atom. The van der Waals surface area contributed by atoms with E-state index in [1.54, 1.807) is 19.1 Å². The van der Waals surface area contributed by atoms with Gasteiger partial charge in [-0.25, -0.2) is 4.79 Å². The van der Waals surface area contributed by atoms with E-state index in [1.165, 1.54) is 6.07 Å². The smallest absolute Gasteiger partial charge is 0.336 e. The maximum Gasteiger partial charge on any atom is 0.336 e. The molecule has 5 nitrogen and oxygen atoms in total. The molecule has 0 radical (unpaired) electrons. The summed E-state index contributed by atoms with van der Waals surface area (Å²) in [5, 5.41) is 11.8. The third kappa shape index (κ3) is 4.37. The van der Waals surface area contributed by atoms with E-state index in [1.807, 2.05) is 6.92 Å². The molecule has 0 spiro atoms. The lowest BCUT2D eigenvalue weighted by Gasteiger charge is -2.12. The molecule has 1 atom stereocenters. The van der Waals surface area contributed by atoms with Crippen LogP contribution in [0.15, 0.2) is 18.2 Å². The Morgan fingerprint density at radius 2 is 2.11 bits per heavy atom. The van der Waals surface area contributed by atoms with Crippen LogP contribution in [0.25, 0.3) is 0 Å². The molecule has 0 fully saturated rings. The van der Waals surface area contributed by atoms with Crippen molar-refractivity contribution in [3.05, 3.63) is 29.3 Å².